The number of rotatable bonds is 3. The van der Waals surface area contributed by atoms with Gasteiger partial charge >= 0.3 is 0 Å². The average Bonchev–Trinajstić information content (AvgIpc) is 2.65. The fourth-order valence-corrected chi connectivity index (χ4v) is 4.26. The highest BCUT2D eigenvalue weighted by molar-refractivity contribution is 5.91. The molecule has 0 atom stereocenters. The molecule has 1 aromatic carbocycles. The van der Waals surface area contributed by atoms with Gasteiger partial charge in [-0.15, -0.1) is 0 Å². The Morgan fingerprint density at radius 3 is 2.52 bits per heavy atom. The van der Waals surface area contributed by atoms with Gasteiger partial charge in [-0.05, 0) is 81.0 Å². The molecule has 2 aromatic heterocycles. The van der Waals surface area contributed by atoms with Crippen molar-refractivity contribution in [3.63, 3.8) is 0 Å². The number of nitrogens with one attached hydrogen (secondary N) is 2. The lowest BCUT2D eigenvalue weighted by atomic mass is 9.84. The molecule has 0 bridgehead atoms. The standard InChI is InChI=1S/C22H24FN3O/c1-11-14(10-24-4)8-19(26-22(11)27)21-13(3)16-7-5-6-15-12(2)17(23)9-18(25-21)20(15)16/h8-9,24H,5-7,10H2,1-4H3,(H,26,27). The van der Waals surface area contributed by atoms with E-state index in [2.05, 4.69) is 17.2 Å². The summed E-state index contributed by atoms with van der Waals surface area (Å²) in [5.74, 6) is -0.207. The first-order valence-corrected chi connectivity index (χ1v) is 9.41. The molecular weight excluding hydrogens is 341 g/mol. The lowest BCUT2D eigenvalue weighted by Crippen LogP contribution is -2.18. The van der Waals surface area contributed by atoms with Crippen LogP contribution in [-0.4, -0.2) is 17.0 Å². The molecule has 140 valence electrons. The molecule has 4 rings (SSSR count). The Kier molecular flexibility index (Phi) is 4.35. The summed E-state index contributed by atoms with van der Waals surface area (Å²) in [6.45, 7) is 6.34. The first-order valence-electron chi connectivity index (χ1n) is 9.41. The normalized spacial score (nSPS) is 13.4. The molecule has 5 heteroatoms. The van der Waals surface area contributed by atoms with Gasteiger partial charge in [-0.3, -0.25) is 4.79 Å². The van der Waals surface area contributed by atoms with Crippen molar-refractivity contribution in [2.45, 2.75) is 46.6 Å². The number of aromatic amines is 1. The lowest BCUT2D eigenvalue weighted by Gasteiger charge is -2.23. The Morgan fingerprint density at radius 2 is 1.81 bits per heavy atom. The molecular formula is C22H24FN3O. The van der Waals surface area contributed by atoms with Gasteiger partial charge in [-0.25, -0.2) is 9.37 Å². The second-order valence-corrected chi connectivity index (χ2v) is 7.47. The van der Waals surface area contributed by atoms with Crippen LogP contribution in [0.15, 0.2) is 16.9 Å². The maximum absolute atomic E-state index is 14.5. The number of nitrogens with zero attached hydrogens (tertiary/aromatic N) is 1. The number of halogens is 1. The summed E-state index contributed by atoms with van der Waals surface area (Å²) in [7, 11) is 1.86. The zero-order valence-corrected chi connectivity index (χ0v) is 16.2. The van der Waals surface area contributed by atoms with Crippen LogP contribution in [-0.2, 0) is 19.4 Å². The van der Waals surface area contributed by atoms with Gasteiger partial charge in [0.25, 0.3) is 5.56 Å². The zero-order chi connectivity index (χ0) is 19.3. The summed E-state index contributed by atoms with van der Waals surface area (Å²) in [6.07, 6.45) is 2.85. The fourth-order valence-electron chi connectivity index (χ4n) is 4.26. The van der Waals surface area contributed by atoms with E-state index in [1.54, 1.807) is 0 Å². The van der Waals surface area contributed by atoms with Crippen molar-refractivity contribution in [3.8, 4) is 11.4 Å². The Bertz CT molecular complexity index is 1130. The number of benzene rings is 1. The number of hydrogen-bond donors (Lipinski definition) is 2. The van der Waals surface area contributed by atoms with E-state index >= 15 is 0 Å². The number of H-pyrrole nitrogens is 1. The summed E-state index contributed by atoms with van der Waals surface area (Å²) in [5.41, 5.74) is 7.78. The van der Waals surface area contributed by atoms with Gasteiger partial charge in [0, 0.05) is 23.6 Å². The molecule has 0 amide bonds. The monoisotopic (exact) mass is 365 g/mol. The molecule has 0 saturated heterocycles. The predicted molar refractivity (Wildman–Crippen MR) is 107 cm³/mol. The Hall–Kier alpha value is -2.53. The van der Waals surface area contributed by atoms with Gasteiger partial charge in [0.1, 0.15) is 5.82 Å². The van der Waals surface area contributed by atoms with Crippen LogP contribution < -0.4 is 10.9 Å². The maximum atomic E-state index is 14.5. The summed E-state index contributed by atoms with van der Waals surface area (Å²) < 4.78 is 14.5. The van der Waals surface area contributed by atoms with Crippen LogP contribution in [0.1, 0.15) is 39.8 Å². The molecule has 0 radical (unpaired) electrons. The van der Waals surface area contributed by atoms with Gasteiger partial charge in [-0.1, -0.05) is 0 Å². The van der Waals surface area contributed by atoms with Crippen molar-refractivity contribution >= 4 is 10.9 Å². The third-order valence-corrected chi connectivity index (χ3v) is 5.84. The first kappa shape index (κ1) is 17.9. The van der Waals surface area contributed by atoms with Crippen molar-refractivity contribution in [1.29, 1.82) is 0 Å². The van der Waals surface area contributed by atoms with Crippen molar-refractivity contribution in [2.75, 3.05) is 7.05 Å². The van der Waals surface area contributed by atoms with E-state index in [1.807, 2.05) is 27.0 Å². The number of hydrogen-bond acceptors (Lipinski definition) is 3. The third-order valence-electron chi connectivity index (χ3n) is 5.84. The molecule has 0 saturated carbocycles. The molecule has 1 aliphatic rings. The topological polar surface area (TPSA) is 57.8 Å². The highest BCUT2D eigenvalue weighted by Crippen LogP contribution is 2.37. The molecule has 0 spiro atoms. The van der Waals surface area contributed by atoms with Gasteiger partial charge < -0.3 is 10.3 Å². The summed E-state index contributed by atoms with van der Waals surface area (Å²) in [5, 5.41) is 4.21. The molecule has 2 N–H and O–H groups in total. The van der Waals surface area contributed by atoms with E-state index in [9.17, 15) is 9.18 Å². The highest BCUT2D eigenvalue weighted by Gasteiger charge is 2.22. The van der Waals surface area contributed by atoms with E-state index in [-0.39, 0.29) is 11.4 Å². The second-order valence-electron chi connectivity index (χ2n) is 7.47. The minimum Gasteiger partial charge on any atom is -0.320 e. The third kappa shape index (κ3) is 2.77. The SMILES string of the molecule is CNCc1cc(-c2nc3cc(F)c(C)c4c3c(c2C)CCC4)[nH]c(=O)c1C. The molecule has 1 aliphatic carbocycles. The summed E-state index contributed by atoms with van der Waals surface area (Å²) >= 11 is 0. The molecule has 0 fully saturated rings. The van der Waals surface area contributed by atoms with Crippen LogP contribution in [0.25, 0.3) is 22.3 Å². The van der Waals surface area contributed by atoms with Crippen LogP contribution in [0.2, 0.25) is 0 Å². The van der Waals surface area contributed by atoms with E-state index in [0.29, 0.717) is 23.3 Å². The zero-order valence-electron chi connectivity index (χ0n) is 16.2. The second kappa shape index (κ2) is 6.57. The predicted octanol–water partition coefficient (Wildman–Crippen LogP) is 3.86. The highest BCUT2D eigenvalue weighted by atomic mass is 19.1. The molecule has 0 aliphatic heterocycles. The van der Waals surface area contributed by atoms with E-state index in [4.69, 9.17) is 4.98 Å². The first-order chi connectivity index (χ1) is 12.9. The lowest BCUT2D eigenvalue weighted by molar-refractivity contribution is 0.615. The Balaban J connectivity index is 2.04. The van der Waals surface area contributed by atoms with Crippen LogP contribution in [0.3, 0.4) is 0 Å². The molecule has 2 heterocycles. The molecule has 0 unspecified atom stereocenters. The van der Waals surface area contributed by atoms with E-state index in [1.165, 1.54) is 11.6 Å². The van der Waals surface area contributed by atoms with E-state index in [0.717, 1.165) is 52.6 Å². The van der Waals surface area contributed by atoms with E-state index < -0.39 is 0 Å². The number of aryl methyl sites for hydroxylation is 2. The maximum Gasteiger partial charge on any atom is 0.251 e. The molecule has 27 heavy (non-hydrogen) atoms. The minimum atomic E-state index is -0.207. The van der Waals surface area contributed by atoms with Crippen LogP contribution in [0.5, 0.6) is 0 Å². The van der Waals surface area contributed by atoms with Crippen molar-refractivity contribution in [3.05, 3.63) is 61.7 Å². The number of pyridine rings is 2. The van der Waals surface area contributed by atoms with Crippen molar-refractivity contribution < 1.29 is 4.39 Å². The molecule has 3 aromatic rings. The summed E-state index contributed by atoms with van der Waals surface area (Å²) in [4.78, 5) is 20.2. The quantitative estimate of drug-likeness (QED) is 0.741. The van der Waals surface area contributed by atoms with Crippen molar-refractivity contribution in [2.24, 2.45) is 0 Å². The van der Waals surface area contributed by atoms with Gasteiger partial charge in [0.2, 0.25) is 0 Å². The number of aromatic nitrogens is 2. The smallest absolute Gasteiger partial charge is 0.251 e. The van der Waals surface area contributed by atoms with Gasteiger partial charge in [-0.2, -0.15) is 0 Å². The van der Waals surface area contributed by atoms with Crippen LogP contribution in [0, 0.1) is 26.6 Å². The van der Waals surface area contributed by atoms with Crippen LogP contribution >= 0.6 is 0 Å². The fraction of sp³-hybridized carbons (Fsp3) is 0.364. The Labute approximate surface area is 157 Å². The Morgan fingerprint density at radius 1 is 1.11 bits per heavy atom. The molecule has 4 nitrogen and oxygen atoms in total. The average molecular weight is 365 g/mol. The minimum absolute atomic E-state index is 0.108. The van der Waals surface area contributed by atoms with Gasteiger partial charge in [0.15, 0.2) is 0 Å². The van der Waals surface area contributed by atoms with Crippen LogP contribution in [0.4, 0.5) is 4.39 Å². The summed E-state index contributed by atoms with van der Waals surface area (Å²) in [6, 6.07) is 3.52. The van der Waals surface area contributed by atoms with Gasteiger partial charge in [0.05, 0.1) is 16.9 Å². The van der Waals surface area contributed by atoms with Crippen molar-refractivity contribution in [1.82, 2.24) is 15.3 Å². The largest absolute Gasteiger partial charge is 0.320 e.